The minimum Gasteiger partial charge on any atom is -0.0882 e. The molecule has 6 atom stereocenters. The van der Waals surface area contributed by atoms with Gasteiger partial charge >= 0.3 is 0 Å². The third-order valence-electron chi connectivity index (χ3n) is 6.82. The lowest BCUT2D eigenvalue weighted by molar-refractivity contribution is -0.0650. The molecule has 6 unspecified atom stereocenters. The SMILES string of the molecule is CC1(C)C2C=CCC3C(Br)=CCC(C4C=CCCC41)C32. The Kier molecular flexibility index (Phi) is 3.07. The first-order valence-electron chi connectivity index (χ1n) is 8.29. The van der Waals surface area contributed by atoms with Crippen molar-refractivity contribution in [3.63, 3.8) is 0 Å². The van der Waals surface area contributed by atoms with Crippen LogP contribution in [0.4, 0.5) is 0 Å². The summed E-state index contributed by atoms with van der Waals surface area (Å²) in [5.74, 6) is 4.97. The number of rotatable bonds is 0. The van der Waals surface area contributed by atoms with Crippen LogP contribution in [0.3, 0.4) is 0 Å². The van der Waals surface area contributed by atoms with Crippen LogP contribution in [0, 0.1) is 40.9 Å². The van der Waals surface area contributed by atoms with Gasteiger partial charge in [0.1, 0.15) is 0 Å². The second-order valence-electron chi connectivity index (χ2n) is 7.87. The second kappa shape index (κ2) is 4.60. The van der Waals surface area contributed by atoms with Crippen LogP contribution in [-0.2, 0) is 0 Å². The first-order valence-corrected chi connectivity index (χ1v) is 9.09. The normalized spacial score (nSPS) is 48.2. The highest BCUT2D eigenvalue weighted by Crippen LogP contribution is 2.63. The highest BCUT2D eigenvalue weighted by atomic mass is 79.9. The van der Waals surface area contributed by atoms with Crippen molar-refractivity contribution >= 4 is 15.9 Å². The number of hydrogen-bond donors (Lipinski definition) is 0. The Bertz CT molecular complexity index is 496. The van der Waals surface area contributed by atoms with Crippen LogP contribution < -0.4 is 0 Å². The Morgan fingerprint density at radius 1 is 1.15 bits per heavy atom. The molecular weight excluding hydrogens is 308 g/mol. The molecular formula is C19H25Br. The van der Waals surface area contributed by atoms with Gasteiger partial charge in [-0.3, -0.25) is 0 Å². The molecule has 0 saturated heterocycles. The molecule has 4 aliphatic carbocycles. The molecule has 0 aromatic carbocycles. The van der Waals surface area contributed by atoms with E-state index in [0.717, 1.165) is 35.5 Å². The van der Waals surface area contributed by atoms with Gasteiger partial charge in [-0.15, -0.1) is 0 Å². The third kappa shape index (κ3) is 1.71. The van der Waals surface area contributed by atoms with E-state index in [1.807, 2.05) is 0 Å². The van der Waals surface area contributed by atoms with Crippen molar-refractivity contribution in [3.05, 3.63) is 34.9 Å². The Morgan fingerprint density at radius 2 is 2.00 bits per heavy atom. The van der Waals surface area contributed by atoms with Crippen molar-refractivity contribution in [1.29, 1.82) is 0 Å². The molecule has 0 aromatic heterocycles. The van der Waals surface area contributed by atoms with Crippen molar-refractivity contribution in [2.45, 2.75) is 39.5 Å². The lowest BCUT2D eigenvalue weighted by Crippen LogP contribution is -2.54. The molecule has 0 N–H and O–H groups in total. The van der Waals surface area contributed by atoms with Gasteiger partial charge in [0.05, 0.1) is 0 Å². The van der Waals surface area contributed by atoms with E-state index in [4.69, 9.17) is 0 Å². The van der Waals surface area contributed by atoms with Crippen LogP contribution in [-0.4, -0.2) is 0 Å². The quantitative estimate of drug-likeness (QED) is 0.498. The molecule has 0 aliphatic heterocycles. The summed E-state index contributed by atoms with van der Waals surface area (Å²) in [5.41, 5.74) is 0.455. The van der Waals surface area contributed by atoms with Gasteiger partial charge in [0.15, 0.2) is 0 Å². The van der Waals surface area contributed by atoms with Crippen molar-refractivity contribution < 1.29 is 0 Å². The average Bonchev–Trinajstić information content (AvgIpc) is 2.46. The largest absolute Gasteiger partial charge is 0.0882 e. The van der Waals surface area contributed by atoms with Crippen molar-refractivity contribution in [2.75, 3.05) is 0 Å². The fraction of sp³-hybridized carbons (Fsp3) is 0.684. The van der Waals surface area contributed by atoms with Gasteiger partial charge in [-0.05, 0) is 71.1 Å². The maximum Gasteiger partial charge on any atom is -0.00272 e. The van der Waals surface area contributed by atoms with Gasteiger partial charge in [0, 0.05) is 0 Å². The van der Waals surface area contributed by atoms with E-state index in [0.29, 0.717) is 5.41 Å². The van der Waals surface area contributed by atoms with E-state index < -0.39 is 0 Å². The zero-order valence-corrected chi connectivity index (χ0v) is 14.1. The lowest BCUT2D eigenvalue weighted by Gasteiger charge is -2.60. The van der Waals surface area contributed by atoms with Crippen LogP contribution in [0.5, 0.6) is 0 Å². The van der Waals surface area contributed by atoms with Crippen LogP contribution in [0.15, 0.2) is 34.9 Å². The molecule has 20 heavy (non-hydrogen) atoms. The molecule has 0 radical (unpaired) electrons. The van der Waals surface area contributed by atoms with E-state index in [-0.39, 0.29) is 0 Å². The number of allylic oxidation sites excluding steroid dienone is 6. The van der Waals surface area contributed by atoms with Gasteiger partial charge in [-0.2, -0.15) is 0 Å². The fourth-order valence-corrected chi connectivity index (χ4v) is 6.57. The van der Waals surface area contributed by atoms with E-state index >= 15 is 0 Å². The predicted molar refractivity (Wildman–Crippen MR) is 88.5 cm³/mol. The molecule has 0 nitrogen and oxygen atoms in total. The van der Waals surface area contributed by atoms with E-state index in [9.17, 15) is 0 Å². The summed E-state index contributed by atoms with van der Waals surface area (Å²) in [4.78, 5) is 0. The molecule has 4 rings (SSSR count). The van der Waals surface area contributed by atoms with Crippen LogP contribution in [0.2, 0.25) is 0 Å². The van der Waals surface area contributed by atoms with Crippen LogP contribution >= 0.6 is 15.9 Å². The van der Waals surface area contributed by atoms with E-state index in [1.54, 1.807) is 0 Å². The van der Waals surface area contributed by atoms with Crippen LogP contribution in [0.25, 0.3) is 0 Å². The summed E-state index contributed by atoms with van der Waals surface area (Å²) in [5, 5.41) is 0. The highest BCUT2D eigenvalue weighted by molar-refractivity contribution is 9.11. The van der Waals surface area contributed by atoms with Gasteiger partial charge in [-0.1, -0.05) is 60.2 Å². The zero-order chi connectivity index (χ0) is 13.9. The minimum atomic E-state index is 0.455. The van der Waals surface area contributed by atoms with E-state index in [2.05, 4.69) is 60.2 Å². The van der Waals surface area contributed by atoms with Crippen molar-refractivity contribution in [3.8, 4) is 0 Å². The van der Waals surface area contributed by atoms with Crippen molar-refractivity contribution in [1.82, 2.24) is 0 Å². The first-order chi connectivity index (χ1) is 9.60. The maximum absolute atomic E-state index is 3.87. The van der Waals surface area contributed by atoms with Crippen LogP contribution in [0.1, 0.15) is 39.5 Å². The molecule has 1 fully saturated rings. The summed E-state index contributed by atoms with van der Waals surface area (Å²) < 4.78 is 1.49. The molecule has 0 spiro atoms. The summed E-state index contributed by atoms with van der Waals surface area (Å²) in [6, 6.07) is 0. The predicted octanol–water partition coefficient (Wildman–Crippen LogP) is 5.72. The summed E-state index contributed by atoms with van der Waals surface area (Å²) in [6.45, 7) is 5.09. The molecule has 0 bridgehead atoms. The molecule has 0 heterocycles. The fourth-order valence-electron chi connectivity index (χ4n) is 5.90. The van der Waals surface area contributed by atoms with Crippen molar-refractivity contribution in [2.24, 2.45) is 40.9 Å². The van der Waals surface area contributed by atoms with Gasteiger partial charge in [-0.25, -0.2) is 0 Å². The Hall–Kier alpha value is -0.300. The lowest BCUT2D eigenvalue weighted by atomic mass is 9.45. The number of fused-ring (bicyclic) bond motifs is 2. The van der Waals surface area contributed by atoms with Gasteiger partial charge < -0.3 is 0 Å². The molecule has 0 amide bonds. The third-order valence-corrected chi connectivity index (χ3v) is 7.73. The van der Waals surface area contributed by atoms with Gasteiger partial charge in [0.25, 0.3) is 0 Å². The molecule has 0 aromatic rings. The second-order valence-corrected chi connectivity index (χ2v) is 8.79. The monoisotopic (exact) mass is 332 g/mol. The Balaban J connectivity index is 1.84. The Labute approximate surface area is 131 Å². The first kappa shape index (κ1) is 13.4. The average molecular weight is 333 g/mol. The molecule has 4 aliphatic rings. The highest BCUT2D eigenvalue weighted by Gasteiger charge is 2.56. The summed E-state index contributed by atoms with van der Waals surface area (Å²) >= 11 is 3.87. The molecule has 108 valence electrons. The maximum atomic E-state index is 3.87. The summed E-state index contributed by atoms with van der Waals surface area (Å²) in [6.07, 6.45) is 17.8. The minimum absolute atomic E-state index is 0.455. The standard InChI is InChI=1S/C19H25Br/c1-19(2)15-8-4-3-6-12(15)13-10-11-17(20)14-7-5-9-16(19)18(13)14/h3,5-6,9,11-16,18H,4,7-8,10H2,1-2H3. The number of halogens is 1. The molecule has 1 heteroatoms. The van der Waals surface area contributed by atoms with E-state index in [1.165, 1.54) is 30.2 Å². The number of hydrogen-bond acceptors (Lipinski definition) is 0. The van der Waals surface area contributed by atoms with Gasteiger partial charge in [0.2, 0.25) is 0 Å². The molecule has 1 saturated carbocycles. The zero-order valence-electron chi connectivity index (χ0n) is 12.6. The smallest absolute Gasteiger partial charge is 0.00272 e. The topological polar surface area (TPSA) is 0 Å². The Morgan fingerprint density at radius 3 is 2.85 bits per heavy atom. The summed E-state index contributed by atoms with van der Waals surface area (Å²) in [7, 11) is 0.